The van der Waals surface area contributed by atoms with Gasteiger partial charge in [0, 0.05) is 20.7 Å². The van der Waals surface area contributed by atoms with Crippen LogP contribution in [0.15, 0.2) is 0 Å². The van der Waals surface area contributed by atoms with Gasteiger partial charge in [0.25, 0.3) is 0 Å². The fourth-order valence-corrected chi connectivity index (χ4v) is 1.09. The number of hydrogen-bond acceptors (Lipinski definition) is 4. The highest BCUT2D eigenvalue weighted by Gasteiger charge is 2.08. The standard InChI is InChI=1S/C9H21N3O2/c1-11-9(13)8-12(5-3-4-10)6-7-14-2/h3-8,10H2,1-2H3,(H,11,13). The summed E-state index contributed by atoms with van der Waals surface area (Å²) in [6, 6.07) is 0. The second-order valence-electron chi connectivity index (χ2n) is 3.08. The summed E-state index contributed by atoms with van der Waals surface area (Å²) in [5.74, 6) is 0.0260. The van der Waals surface area contributed by atoms with Crippen molar-refractivity contribution < 1.29 is 9.53 Å². The van der Waals surface area contributed by atoms with Crippen LogP contribution in [0.2, 0.25) is 0 Å². The molecule has 5 heteroatoms. The molecule has 84 valence electrons. The minimum atomic E-state index is 0.0260. The molecule has 0 aromatic carbocycles. The molecule has 0 aliphatic carbocycles. The summed E-state index contributed by atoms with van der Waals surface area (Å²) in [6.45, 7) is 3.32. The van der Waals surface area contributed by atoms with Crippen molar-refractivity contribution in [2.24, 2.45) is 5.73 Å². The summed E-state index contributed by atoms with van der Waals surface area (Å²) in [5, 5.41) is 2.60. The van der Waals surface area contributed by atoms with Crippen molar-refractivity contribution in [1.82, 2.24) is 10.2 Å². The zero-order valence-corrected chi connectivity index (χ0v) is 9.08. The summed E-state index contributed by atoms with van der Waals surface area (Å²) in [7, 11) is 3.29. The molecule has 1 amide bonds. The third kappa shape index (κ3) is 6.82. The fraction of sp³-hybridized carbons (Fsp3) is 0.889. The molecule has 0 heterocycles. The van der Waals surface area contributed by atoms with Crippen LogP contribution in [-0.2, 0) is 9.53 Å². The molecule has 0 radical (unpaired) electrons. The average Bonchev–Trinajstić information content (AvgIpc) is 2.21. The monoisotopic (exact) mass is 203 g/mol. The number of methoxy groups -OCH3 is 1. The first kappa shape index (κ1) is 13.4. The topological polar surface area (TPSA) is 67.6 Å². The van der Waals surface area contributed by atoms with Gasteiger partial charge in [0.2, 0.25) is 5.91 Å². The molecule has 0 rings (SSSR count). The van der Waals surface area contributed by atoms with Gasteiger partial charge in [0.1, 0.15) is 0 Å². The van der Waals surface area contributed by atoms with Crippen LogP contribution >= 0.6 is 0 Å². The third-order valence-electron chi connectivity index (χ3n) is 1.94. The van der Waals surface area contributed by atoms with Gasteiger partial charge in [0.15, 0.2) is 0 Å². The van der Waals surface area contributed by atoms with Gasteiger partial charge in [-0.1, -0.05) is 0 Å². The molecule has 0 aliphatic rings. The van der Waals surface area contributed by atoms with E-state index >= 15 is 0 Å². The van der Waals surface area contributed by atoms with Gasteiger partial charge < -0.3 is 15.8 Å². The Morgan fingerprint density at radius 3 is 2.71 bits per heavy atom. The highest BCUT2D eigenvalue weighted by molar-refractivity contribution is 5.77. The Morgan fingerprint density at radius 2 is 2.21 bits per heavy atom. The normalized spacial score (nSPS) is 10.6. The number of nitrogens with zero attached hydrogens (tertiary/aromatic N) is 1. The molecule has 0 unspecified atom stereocenters. The zero-order valence-electron chi connectivity index (χ0n) is 9.08. The van der Waals surface area contributed by atoms with Gasteiger partial charge in [-0.3, -0.25) is 9.69 Å². The van der Waals surface area contributed by atoms with E-state index in [9.17, 15) is 4.79 Å². The van der Waals surface area contributed by atoms with E-state index in [1.54, 1.807) is 14.2 Å². The molecule has 5 nitrogen and oxygen atoms in total. The number of rotatable bonds is 8. The maximum atomic E-state index is 11.1. The third-order valence-corrected chi connectivity index (χ3v) is 1.94. The Hall–Kier alpha value is -0.650. The molecule has 0 aliphatic heterocycles. The van der Waals surface area contributed by atoms with Gasteiger partial charge in [-0.05, 0) is 19.5 Å². The van der Waals surface area contributed by atoms with Gasteiger partial charge in [-0.2, -0.15) is 0 Å². The molecular formula is C9H21N3O2. The number of nitrogens with one attached hydrogen (secondary N) is 1. The van der Waals surface area contributed by atoms with E-state index in [2.05, 4.69) is 5.32 Å². The Labute approximate surface area is 85.6 Å². The SMILES string of the molecule is CNC(=O)CN(CCCN)CCOC. The quantitative estimate of drug-likeness (QED) is 0.532. The molecule has 0 saturated carbocycles. The number of hydrogen-bond donors (Lipinski definition) is 2. The lowest BCUT2D eigenvalue weighted by atomic mass is 10.3. The first-order valence-electron chi connectivity index (χ1n) is 4.86. The lowest BCUT2D eigenvalue weighted by molar-refractivity contribution is -0.121. The van der Waals surface area contributed by atoms with E-state index in [4.69, 9.17) is 10.5 Å². The first-order valence-corrected chi connectivity index (χ1v) is 4.86. The zero-order chi connectivity index (χ0) is 10.8. The number of likely N-dealkylation sites (N-methyl/N-ethyl adjacent to an activating group) is 1. The summed E-state index contributed by atoms with van der Waals surface area (Å²) in [5.41, 5.74) is 5.41. The van der Waals surface area contributed by atoms with Crippen molar-refractivity contribution in [2.75, 3.05) is 46.9 Å². The Bertz CT molecular complexity index is 145. The molecule has 0 atom stereocenters. The predicted molar refractivity (Wildman–Crippen MR) is 56.1 cm³/mol. The highest BCUT2D eigenvalue weighted by Crippen LogP contribution is 1.90. The van der Waals surface area contributed by atoms with E-state index in [0.717, 1.165) is 19.5 Å². The molecule has 0 fully saturated rings. The van der Waals surface area contributed by atoms with Crippen LogP contribution in [0.3, 0.4) is 0 Å². The van der Waals surface area contributed by atoms with E-state index < -0.39 is 0 Å². The van der Waals surface area contributed by atoms with Crippen molar-refractivity contribution >= 4 is 5.91 Å². The molecule has 0 aromatic heterocycles. The van der Waals surface area contributed by atoms with Crippen LogP contribution in [0.25, 0.3) is 0 Å². The molecule has 0 bridgehead atoms. The van der Waals surface area contributed by atoms with Crippen molar-refractivity contribution in [3.63, 3.8) is 0 Å². The Morgan fingerprint density at radius 1 is 1.50 bits per heavy atom. The predicted octanol–water partition coefficient (Wildman–Crippen LogP) is -0.970. The minimum absolute atomic E-state index is 0.0260. The van der Waals surface area contributed by atoms with Crippen LogP contribution < -0.4 is 11.1 Å². The molecule has 0 aromatic rings. The van der Waals surface area contributed by atoms with E-state index in [-0.39, 0.29) is 5.91 Å². The minimum Gasteiger partial charge on any atom is -0.383 e. The average molecular weight is 203 g/mol. The Kier molecular flexibility index (Phi) is 8.51. The second-order valence-corrected chi connectivity index (χ2v) is 3.08. The molecule has 14 heavy (non-hydrogen) atoms. The van der Waals surface area contributed by atoms with Gasteiger partial charge in [-0.25, -0.2) is 0 Å². The number of carbonyl (C=O) groups is 1. The van der Waals surface area contributed by atoms with E-state index in [1.807, 2.05) is 4.90 Å². The summed E-state index contributed by atoms with van der Waals surface area (Å²) >= 11 is 0. The van der Waals surface area contributed by atoms with Gasteiger partial charge in [0.05, 0.1) is 13.2 Å². The van der Waals surface area contributed by atoms with E-state index in [1.165, 1.54) is 0 Å². The largest absolute Gasteiger partial charge is 0.383 e. The fourth-order valence-electron chi connectivity index (χ4n) is 1.09. The number of amides is 1. The number of nitrogens with two attached hydrogens (primary N) is 1. The van der Waals surface area contributed by atoms with Crippen molar-refractivity contribution in [2.45, 2.75) is 6.42 Å². The van der Waals surface area contributed by atoms with Crippen LogP contribution in [0.1, 0.15) is 6.42 Å². The summed E-state index contributed by atoms with van der Waals surface area (Å²) in [4.78, 5) is 13.2. The lowest BCUT2D eigenvalue weighted by Crippen LogP contribution is -2.38. The molecule has 3 N–H and O–H groups in total. The number of ether oxygens (including phenoxy) is 1. The van der Waals surface area contributed by atoms with Crippen LogP contribution in [0.4, 0.5) is 0 Å². The number of carbonyl (C=O) groups excluding carboxylic acids is 1. The van der Waals surface area contributed by atoms with Gasteiger partial charge >= 0.3 is 0 Å². The van der Waals surface area contributed by atoms with Crippen molar-refractivity contribution in [3.8, 4) is 0 Å². The first-order chi connectivity index (χ1) is 6.74. The molecule has 0 saturated heterocycles. The van der Waals surface area contributed by atoms with E-state index in [0.29, 0.717) is 19.7 Å². The molecule has 0 spiro atoms. The van der Waals surface area contributed by atoms with Gasteiger partial charge in [-0.15, -0.1) is 0 Å². The highest BCUT2D eigenvalue weighted by atomic mass is 16.5. The maximum absolute atomic E-state index is 11.1. The summed E-state index contributed by atoms with van der Waals surface area (Å²) < 4.78 is 4.96. The van der Waals surface area contributed by atoms with Crippen LogP contribution in [0, 0.1) is 0 Å². The lowest BCUT2D eigenvalue weighted by Gasteiger charge is -2.20. The summed E-state index contributed by atoms with van der Waals surface area (Å²) in [6.07, 6.45) is 0.903. The van der Waals surface area contributed by atoms with Crippen molar-refractivity contribution in [3.05, 3.63) is 0 Å². The molecular weight excluding hydrogens is 182 g/mol. The smallest absolute Gasteiger partial charge is 0.233 e. The second kappa shape index (κ2) is 8.93. The van der Waals surface area contributed by atoms with Crippen LogP contribution in [-0.4, -0.2) is 57.8 Å². The Balaban J connectivity index is 3.77. The van der Waals surface area contributed by atoms with Crippen molar-refractivity contribution in [1.29, 1.82) is 0 Å². The van der Waals surface area contributed by atoms with Crippen LogP contribution in [0.5, 0.6) is 0 Å². The maximum Gasteiger partial charge on any atom is 0.233 e.